The second-order valence-corrected chi connectivity index (χ2v) is 5.24. The van der Waals surface area contributed by atoms with Gasteiger partial charge >= 0.3 is 0 Å². The summed E-state index contributed by atoms with van der Waals surface area (Å²) in [5.74, 6) is 1.84. The van der Waals surface area contributed by atoms with Gasteiger partial charge in [0.05, 0.1) is 5.41 Å². The fraction of sp³-hybridized carbons (Fsp3) is 0.917. The fourth-order valence-electron chi connectivity index (χ4n) is 2.49. The van der Waals surface area contributed by atoms with Crippen molar-refractivity contribution in [2.45, 2.75) is 33.1 Å². The average Bonchev–Trinajstić information content (AvgIpc) is 2.78. The highest BCUT2D eigenvalue weighted by Gasteiger charge is 2.40. The first-order valence-electron chi connectivity index (χ1n) is 6.17. The van der Waals surface area contributed by atoms with Crippen molar-refractivity contribution in [3.8, 4) is 0 Å². The average molecular weight is 210 g/mol. The molecule has 2 aliphatic rings. The molecule has 1 saturated heterocycles. The van der Waals surface area contributed by atoms with E-state index in [9.17, 15) is 4.79 Å². The Morgan fingerprint density at radius 1 is 1.60 bits per heavy atom. The molecule has 0 aromatic heterocycles. The van der Waals surface area contributed by atoms with Crippen LogP contribution in [0.15, 0.2) is 0 Å². The minimum atomic E-state index is -0.113. The third-order valence-electron chi connectivity index (χ3n) is 4.20. The maximum absolute atomic E-state index is 12.1. The van der Waals surface area contributed by atoms with Crippen molar-refractivity contribution in [3.63, 3.8) is 0 Å². The van der Waals surface area contributed by atoms with Crippen molar-refractivity contribution in [1.82, 2.24) is 10.6 Å². The molecular formula is C12H22N2O. The monoisotopic (exact) mass is 210 g/mol. The number of rotatable bonds is 4. The number of hydrogen-bond donors (Lipinski definition) is 2. The summed E-state index contributed by atoms with van der Waals surface area (Å²) in [4.78, 5) is 12.1. The third-order valence-corrected chi connectivity index (χ3v) is 4.20. The molecule has 0 spiro atoms. The van der Waals surface area contributed by atoms with Crippen LogP contribution in [0.3, 0.4) is 0 Å². The van der Waals surface area contributed by atoms with Crippen LogP contribution in [-0.2, 0) is 4.79 Å². The fourth-order valence-corrected chi connectivity index (χ4v) is 2.49. The van der Waals surface area contributed by atoms with Crippen LogP contribution in [0, 0.1) is 17.3 Å². The molecule has 1 aliphatic heterocycles. The number of amides is 1. The Morgan fingerprint density at radius 2 is 2.33 bits per heavy atom. The molecule has 2 rings (SSSR count). The number of carbonyl (C=O) groups is 1. The summed E-state index contributed by atoms with van der Waals surface area (Å²) >= 11 is 0. The van der Waals surface area contributed by atoms with Gasteiger partial charge in [-0.3, -0.25) is 4.79 Å². The van der Waals surface area contributed by atoms with Crippen molar-refractivity contribution in [2.75, 3.05) is 19.6 Å². The van der Waals surface area contributed by atoms with Gasteiger partial charge in [-0.1, -0.05) is 13.8 Å². The summed E-state index contributed by atoms with van der Waals surface area (Å²) in [6.07, 6.45) is 3.24. The molecule has 1 saturated carbocycles. The van der Waals surface area contributed by atoms with Gasteiger partial charge in [-0.05, 0) is 37.6 Å². The highest BCUT2D eigenvalue weighted by atomic mass is 16.2. The van der Waals surface area contributed by atoms with Gasteiger partial charge in [0.2, 0.25) is 5.91 Å². The second-order valence-electron chi connectivity index (χ2n) is 5.24. The van der Waals surface area contributed by atoms with E-state index in [1.807, 2.05) is 0 Å². The predicted octanol–water partition coefficient (Wildman–Crippen LogP) is 1.15. The topological polar surface area (TPSA) is 41.1 Å². The van der Waals surface area contributed by atoms with Crippen molar-refractivity contribution in [3.05, 3.63) is 0 Å². The van der Waals surface area contributed by atoms with E-state index in [-0.39, 0.29) is 11.3 Å². The molecule has 2 fully saturated rings. The molecule has 1 amide bonds. The molecule has 0 aromatic carbocycles. The molecule has 15 heavy (non-hydrogen) atoms. The maximum atomic E-state index is 12.1. The van der Waals surface area contributed by atoms with E-state index in [1.165, 1.54) is 6.42 Å². The second kappa shape index (κ2) is 4.12. The van der Waals surface area contributed by atoms with Gasteiger partial charge in [0.15, 0.2) is 0 Å². The Labute approximate surface area is 92.0 Å². The first-order valence-corrected chi connectivity index (χ1v) is 6.17. The van der Waals surface area contributed by atoms with Crippen LogP contribution in [0.1, 0.15) is 33.1 Å². The molecule has 86 valence electrons. The quantitative estimate of drug-likeness (QED) is 0.731. The van der Waals surface area contributed by atoms with Crippen molar-refractivity contribution in [2.24, 2.45) is 17.3 Å². The van der Waals surface area contributed by atoms with Crippen molar-refractivity contribution in [1.29, 1.82) is 0 Å². The molecule has 0 radical (unpaired) electrons. The Morgan fingerprint density at radius 3 is 2.80 bits per heavy atom. The van der Waals surface area contributed by atoms with Crippen molar-refractivity contribution < 1.29 is 4.79 Å². The summed E-state index contributed by atoms with van der Waals surface area (Å²) in [6.45, 7) is 7.11. The minimum Gasteiger partial charge on any atom is -0.355 e. The highest BCUT2D eigenvalue weighted by Crippen LogP contribution is 2.37. The standard InChI is InChI=1S/C12H22N2O/c1-3-12(4-5-13-8-12)11(15)14-7-10-6-9(10)2/h9-10,13H,3-8H2,1-2H3,(H,14,15). The Hall–Kier alpha value is -0.570. The van der Waals surface area contributed by atoms with Crippen LogP contribution in [-0.4, -0.2) is 25.5 Å². The van der Waals surface area contributed by atoms with Crippen LogP contribution in [0.5, 0.6) is 0 Å². The Bertz CT molecular complexity index is 246. The van der Waals surface area contributed by atoms with E-state index in [0.29, 0.717) is 0 Å². The van der Waals surface area contributed by atoms with E-state index < -0.39 is 0 Å². The van der Waals surface area contributed by atoms with Crippen LogP contribution in [0.4, 0.5) is 0 Å². The highest BCUT2D eigenvalue weighted by molar-refractivity contribution is 5.83. The molecule has 2 N–H and O–H groups in total. The Kier molecular flexibility index (Phi) is 3.01. The van der Waals surface area contributed by atoms with E-state index in [2.05, 4.69) is 24.5 Å². The van der Waals surface area contributed by atoms with E-state index in [1.54, 1.807) is 0 Å². The molecular weight excluding hydrogens is 188 g/mol. The van der Waals surface area contributed by atoms with Gasteiger partial charge in [0, 0.05) is 13.1 Å². The van der Waals surface area contributed by atoms with Crippen LogP contribution in [0.25, 0.3) is 0 Å². The van der Waals surface area contributed by atoms with Crippen LogP contribution < -0.4 is 10.6 Å². The van der Waals surface area contributed by atoms with Crippen LogP contribution >= 0.6 is 0 Å². The van der Waals surface area contributed by atoms with Gasteiger partial charge < -0.3 is 10.6 Å². The zero-order valence-corrected chi connectivity index (χ0v) is 9.81. The molecule has 3 atom stereocenters. The van der Waals surface area contributed by atoms with Gasteiger partial charge in [-0.15, -0.1) is 0 Å². The SMILES string of the molecule is CCC1(C(=O)NCC2CC2C)CCNC1. The number of nitrogens with one attached hydrogen (secondary N) is 2. The molecule has 0 aromatic rings. The van der Waals surface area contributed by atoms with Crippen LogP contribution in [0.2, 0.25) is 0 Å². The summed E-state index contributed by atoms with van der Waals surface area (Å²) in [6, 6.07) is 0. The Balaban J connectivity index is 1.82. The number of hydrogen-bond acceptors (Lipinski definition) is 2. The summed E-state index contributed by atoms with van der Waals surface area (Å²) < 4.78 is 0. The normalized spacial score (nSPS) is 39.1. The van der Waals surface area contributed by atoms with Gasteiger partial charge in [0.1, 0.15) is 0 Å². The molecule has 3 unspecified atom stereocenters. The van der Waals surface area contributed by atoms with E-state index >= 15 is 0 Å². The molecule has 3 heteroatoms. The van der Waals surface area contributed by atoms with Gasteiger partial charge in [-0.25, -0.2) is 0 Å². The van der Waals surface area contributed by atoms with Gasteiger partial charge in [0.25, 0.3) is 0 Å². The largest absolute Gasteiger partial charge is 0.355 e. The molecule has 0 bridgehead atoms. The predicted molar refractivity (Wildman–Crippen MR) is 60.5 cm³/mol. The summed E-state index contributed by atoms with van der Waals surface area (Å²) in [5.41, 5.74) is -0.113. The number of carbonyl (C=O) groups excluding carboxylic acids is 1. The zero-order valence-electron chi connectivity index (χ0n) is 9.81. The first-order chi connectivity index (χ1) is 7.18. The smallest absolute Gasteiger partial charge is 0.227 e. The summed E-state index contributed by atoms with van der Waals surface area (Å²) in [5, 5.41) is 6.43. The van der Waals surface area contributed by atoms with Gasteiger partial charge in [-0.2, -0.15) is 0 Å². The third kappa shape index (κ3) is 2.17. The maximum Gasteiger partial charge on any atom is 0.227 e. The lowest BCUT2D eigenvalue weighted by Gasteiger charge is -2.25. The first kappa shape index (κ1) is 10.9. The van der Waals surface area contributed by atoms with E-state index in [0.717, 1.165) is 44.3 Å². The molecule has 3 nitrogen and oxygen atoms in total. The lowest BCUT2D eigenvalue weighted by Crippen LogP contribution is -2.42. The lowest BCUT2D eigenvalue weighted by atomic mass is 9.83. The minimum absolute atomic E-state index is 0.113. The van der Waals surface area contributed by atoms with E-state index in [4.69, 9.17) is 0 Å². The lowest BCUT2D eigenvalue weighted by molar-refractivity contribution is -0.130. The summed E-state index contributed by atoms with van der Waals surface area (Å²) in [7, 11) is 0. The zero-order chi connectivity index (χ0) is 10.9. The van der Waals surface area contributed by atoms with Crippen molar-refractivity contribution >= 4 is 5.91 Å². The molecule has 1 aliphatic carbocycles. The molecule has 1 heterocycles.